The maximum absolute atomic E-state index is 15.1. The number of fused-ring (bicyclic) bond motifs is 1. The molecule has 0 radical (unpaired) electrons. The zero-order valence-electron chi connectivity index (χ0n) is 18.1. The van der Waals surface area contributed by atoms with Crippen LogP contribution in [0.5, 0.6) is 0 Å². The summed E-state index contributed by atoms with van der Waals surface area (Å²) in [5.41, 5.74) is 2.67. The number of benzene rings is 2. The molecule has 0 amide bonds. The van der Waals surface area contributed by atoms with Crippen LogP contribution in [0, 0.1) is 12.7 Å². The maximum atomic E-state index is 15.1. The van der Waals surface area contributed by atoms with Crippen LogP contribution >= 0.6 is 0 Å². The summed E-state index contributed by atoms with van der Waals surface area (Å²) in [7, 11) is 0. The van der Waals surface area contributed by atoms with Crippen LogP contribution in [0.25, 0.3) is 10.9 Å². The Labute approximate surface area is 185 Å². The number of halogens is 1. The molecule has 2 aliphatic rings. The Morgan fingerprint density at radius 2 is 1.78 bits per heavy atom. The number of aromatic nitrogens is 1. The molecular weight excluding hydrogens is 409 g/mol. The fourth-order valence-corrected chi connectivity index (χ4v) is 4.51. The maximum Gasteiger partial charge on any atom is 0.341 e. The molecule has 1 saturated carbocycles. The summed E-state index contributed by atoms with van der Waals surface area (Å²) in [6.45, 7) is 5.96. The normalized spacial score (nSPS) is 17.1. The van der Waals surface area contributed by atoms with Gasteiger partial charge in [0.2, 0.25) is 5.43 Å². The van der Waals surface area contributed by atoms with Gasteiger partial charge in [0.05, 0.1) is 11.2 Å². The summed E-state index contributed by atoms with van der Waals surface area (Å²) >= 11 is 0. The molecule has 1 saturated heterocycles. The Kier molecular flexibility index (Phi) is 5.21. The predicted molar refractivity (Wildman–Crippen MR) is 122 cm³/mol. The molecule has 3 aromatic rings. The van der Waals surface area contributed by atoms with Crippen molar-refractivity contribution in [2.75, 3.05) is 31.1 Å². The standard InChI is InChI=1S/C25H26FN3O3/c1-16-2-4-17(5-3-16)14-27-8-10-28(11-9-27)23-13-22-19(12-21(23)26)24(30)20(25(31)32)15-29(22)18-6-7-18/h2-5,12-13,15,18H,6-11,14H2,1H3,(H,31,32). The molecule has 0 bridgehead atoms. The van der Waals surface area contributed by atoms with Gasteiger partial charge in [-0.3, -0.25) is 9.69 Å². The molecule has 0 unspecified atom stereocenters. The zero-order valence-corrected chi connectivity index (χ0v) is 18.1. The van der Waals surface area contributed by atoms with Crippen molar-refractivity contribution in [1.29, 1.82) is 0 Å². The molecule has 1 aromatic heterocycles. The molecule has 6 nitrogen and oxygen atoms in total. The highest BCUT2D eigenvalue weighted by atomic mass is 19.1. The van der Waals surface area contributed by atoms with Crippen molar-refractivity contribution in [3.05, 3.63) is 75.3 Å². The number of carboxylic acid groups (broad SMARTS) is 1. The number of aromatic carboxylic acids is 1. The fraction of sp³-hybridized carbons (Fsp3) is 0.360. The van der Waals surface area contributed by atoms with Gasteiger partial charge in [0.1, 0.15) is 11.4 Å². The molecule has 2 heterocycles. The highest BCUT2D eigenvalue weighted by Crippen LogP contribution is 2.38. The number of anilines is 1. The molecule has 5 rings (SSSR count). The van der Waals surface area contributed by atoms with Gasteiger partial charge in [-0.05, 0) is 37.5 Å². The highest BCUT2D eigenvalue weighted by molar-refractivity contribution is 5.93. The van der Waals surface area contributed by atoms with Crippen molar-refractivity contribution in [1.82, 2.24) is 9.47 Å². The van der Waals surface area contributed by atoms with Gasteiger partial charge in [-0.25, -0.2) is 9.18 Å². The van der Waals surface area contributed by atoms with E-state index in [0.717, 1.165) is 32.5 Å². The second kappa shape index (κ2) is 8.06. The van der Waals surface area contributed by atoms with Crippen LogP contribution in [-0.2, 0) is 6.54 Å². The first-order valence-corrected chi connectivity index (χ1v) is 11.1. The number of carboxylic acids is 1. The van der Waals surface area contributed by atoms with Gasteiger partial charge in [0.15, 0.2) is 0 Å². The van der Waals surface area contributed by atoms with Crippen LogP contribution in [0.2, 0.25) is 0 Å². The average Bonchev–Trinajstić information content (AvgIpc) is 3.61. The third kappa shape index (κ3) is 3.88. The number of rotatable bonds is 5. The zero-order chi connectivity index (χ0) is 22.4. The second-order valence-electron chi connectivity index (χ2n) is 8.89. The van der Waals surface area contributed by atoms with Crippen molar-refractivity contribution < 1.29 is 14.3 Å². The lowest BCUT2D eigenvalue weighted by Gasteiger charge is -2.36. The molecule has 1 aliphatic heterocycles. The van der Waals surface area contributed by atoms with Gasteiger partial charge < -0.3 is 14.6 Å². The van der Waals surface area contributed by atoms with E-state index in [4.69, 9.17) is 0 Å². The van der Waals surface area contributed by atoms with Crippen LogP contribution in [0.3, 0.4) is 0 Å². The lowest BCUT2D eigenvalue weighted by Crippen LogP contribution is -2.46. The van der Waals surface area contributed by atoms with Crippen LogP contribution < -0.4 is 10.3 Å². The first kappa shape index (κ1) is 20.7. The first-order valence-electron chi connectivity index (χ1n) is 11.1. The molecule has 2 fully saturated rings. The number of nitrogens with zero attached hydrogens (tertiary/aromatic N) is 3. The van der Waals surface area contributed by atoms with E-state index in [2.05, 4.69) is 36.1 Å². The van der Waals surface area contributed by atoms with Crippen molar-refractivity contribution >= 4 is 22.6 Å². The van der Waals surface area contributed by atoms with Crippen molar-refractivity contribution in [3.63, 3.8) is 0 Å². The Morgan fingerprint density at radius 3 is 2.41 bits per heavy atom. The predicted octanol–water partition coefficient (Wildman–Crippen LogP) is 3.80. The van der Waals surface area contributed by atoms with Gasteiger partial charge in [-0.15, -0.1) is 0 Å². The van der Waals surface area contributed by atoms with E-state index in [1.54, 1.807) is 6.07 Å². The summed E-state index contributed by atoms with van der Waals surface area (Å²) < 4.78 is 16.9. The number of aryl methyl sites for hydroxylation is 1. The molecule has 0 spiro atoms. The molecule has 1 N–H and O–H groups in total. The minimum absolute atomic E-state index is 0.135. The molecule has 166 valence electrons. The highest BCUT2D eigenvalue weighted by Gasteiger charge is 2.28. The van der Waals surface area contributed by atoms with Gasteiger partial charge in [0, 0.05) is 50.3 Å². The summed E-state index contributed by atoms with van der Waals surface area (Å²) in [6.07, 6.45) is 3.29. The Hall–Kier alpha value is -3.19. The van der Waals surface area contributed by atoms with Gasteiger partial charge in [-0.1, -0.05) is 29.8 Å². The number of pyridine rings is 1. The van der Waals surface area contributed by atoms with Gasteiger partial charge >= 0.3 is 5.97 Å². The minimum Gasteiger partial charge on any atom is -0.477 e. The number of hydrogen-bond acceptors (Lipinski definition) is 4. The lowest BCUT2D eigenvalue weighted by molar-refractivity contribution is 0.0695. The topological polar surface area (TPSA) is 65.8 Å². The lowest BCUT2D eigenvalue weighted by atomic mass is 10.1. The SMILES string of the molecule is Cc1ccc(CN2CCN(c3cc4c(cc3F)c(=O)c(C(=O)O)cn4C3CC3)CC2)cc1. The molecule has 1 aliphatic carbocycles. The van der Waals surface area contributed by atoms with E-state index in [-0.39, 0.29) is 17.0 Å². The van der Waals surface area contributed by atoms with Crippen LogP contribution in [0.15, 0.2) is 47.4 Å². The van der Waals surface area contributed by atoms with E-state index in [9.17, 15) is 14.7 Å². The van der Waals surface area contributed by atoms with Crippen molar-refractivity contribution in [2.24, 2.45) is 0 Å². The summed E-state index contributed by atoms with van der Waals surface area (Å²) in [4.78, 5) is 28.6. The summed E-state index contributed by atoms with van der Waals surface area (Å²) in [5, 5.41) is 9.54. The largest absolute Gasteiger partial charge is 0.477 e. The fourth-order valence-electron chi connectivity index (χ4n) is 4.51. The van der Waals surface area contributed by atoms with Crippen LogP contribution in [-0.4, -0.2) is 46.7 Å². The average molecular weight is 435 g/mol. The quantitative estimate of drug-likeness (QED) is 0.660. The molecule has 32 heavy (non-hydrogen) atoms. The molecule has 7 heteroatoms. The number of hydrogen-bond donors (Lipinski definition) is 1. The Bertz CT molecular complexity index is 1240. The second-order valence-corrected chi connectivity index (χ2v) is 8.89. The summed E-state index contributed by atoms with van der Waals surface area (Å²) in [6, 6.07) is 11.6. The number of carbonyl (C=O) groups is 1. The van der Waals surface area contributed by atoms with Crippen LogP contribution in [0.1, 0.15) is 40.4 Å². The third-order valence-corrected chi connectivity index (χ3v) is 6.51. The third-order valence-electron chi connectivity index (χ3n) is 6.51. The summed E-state index contributed by atoms with van der Waals surface area (Å²) in [5.74, 6) is -1.76. The number of piperazine rings is 1. The van der Waals surface area contributed by atoms with E-state index < -0.39 is 17.2 Å². The minimum atomic E-state index is -1.28. The Morgan fingerprint density at radius 1 is 1.09 bits per heavy atom. The van der Waals surface area contributed by atoms with Crippen LogP contribution in [0.4, 0.5) is 10.1 Å². The van der Waals surface area contributed by atoms with E-state index in [1.165, 1.54) is 23.4 Å². The van der Waals surface area contributed by atoms with E-state index >= 15 is 4.39 Å². The smallest absolute Gasteiger partial charge is 0.341 e. The molecule has 0 atom stereocenters. The molecular formula is C25H26FN3O3. The van der Waals surface area contributed by atoms with Gasteiger partial charge in [-0.2, -0.15) is 0 Å². The van der Waals surface area contributed by atoms with E-state index in [1.807, 2.05) is 9.47 Å². The van der Waals surface area contributed by atoms with Gasteiger partial charge in [0.25, 0.3) is 0 Å². The first-order chi connectivity index (χ1) is 15.4. The van der Waals surface area contributed by atoms with Crippen molar-refractivity contribution in [3.8, 4) is 0 Å². The molecule has 2 aromatic carbocycles. The monoisotopic (exact) mass is 435 g/mol. The van der Waals surface area contributed by atoms with Crippen molar-refractivity contribution in [2.45, 2.75) is 32.4 Å². The van der Waals surface area contributed by atoms with E-state index in [0.29, 0.717) is 24.3 Å². The Balaban J connectivity index is 1.41.